The summed E-state index contributed by atoms with van der Waals surface area (Å²) in [5.74, 6) is 0.809. The van der Waals surface area contributed by atoms with Crippen molar-refractivity contribution in [1.82, 2.24) is 29.9 Å². The SMILES string of the molecule is CN(CCc1cccnc1)N([O-])c1ccc(N2CCc3c(-c4cnc(N)nc4)nc(N4CCOCC4)nc32)c(F)c1. The molecule has 0 radical (unpaired) electrons. The van der Waals surface area contributed by atoms with Crippen molar-refractivity contribution < 1.29 is 9.13 Å². The van der Waals surface area contributed by atoms with E-state index in [1.807, 2.05) is 17.0 Å². The van der Waals surface area contributed by atoms with Crippen LogP contribution in [0, 0.1) is 11.0 Å². The third-order valence-corrected chi connectivity index (χ3v) is 7.25. The normalized spacial score (nSPS) is 14.9. The molecule has 2 aliphatic heterocycles. The van der Waals surface area contributed by atoms with Crippen molar-refractivity contribution in [3.8, 4) is 11.3 Å². The zero-order valence-electron chi connectivity index (χ0n) is 22.6. The summed E-state index contributed by atoms with van der Waals surface area (Å²) in [4.78, 5) is 26.0. The summed E-state index contributed by atoms with van der Waals surface area (Å²) in [6.45, 7) is 3.39. The maximum atomic E-state index is 15.7. The molecule has 5 heterocycles. The fourth-order valence-corrected chi connectivity index (χ4v) is 5.04. The number of morpholine rings is 1. The molecule has 12 nitrogen and oxygen atoms in total. The number of hydrazine groups is 1. The number of anilines is 5. The highest BCUT2D eigenvalue weighted by molar-refractivity contribution is 5.77. The Balaban J connectivity index is 1.28. The molecule has 2 aliphatic rings. The van der Waals surface area contributed by atoms with Gasteiger partial charge in [-0.25, -0.2) is 24.4 Å². The number of benzene rings is 1. The number of nitrogens with zero attached hydrogens (tertiary/aromatic N) is 9. The molecule has 0 saturated carbocycles. The third kappa shape index (κ3) is 5.59. The highest BCUT2D eigenvalue weighted by Crippen LogP contribution is 2.40. The highest BCUT2D eigenvalue weighted by Gasteiger charge is 2.30. The van der Waals surface area contributed by atoms with Crippen LogP contribution in [0.5, 0.6) is 0 Å². The van der Waals surface area contributed by atoms with Crippen LogP contribution in [0.25, 0.3) is 11.3 Å². The van der Waals surface area contributed by atoms with E-state index in [0.29, 0.717) is 86.1 Å². The van der Waals surface area contributed by atoms with Gasteiger partial charge in [-0.2, -0.15) is 4.98 Å². The van der Waals surface area contributed by atoms with Crippen LogP contribution in [0.4, 0.5) is 33.5 Å². The third-order valence-electron chi connectivity index (χ3n) is 7.25. The Bertz CT molecular complexity index is 1500. The molecule has 13 heteroatoms. The number of halogens is 1. The first-order valence-corrected chi connectivity index (χ1v) is 13.4. The van der Waals surface area contributed by atoms with E-state index in [1.54, 1.807) is 44.0 Å². The van der Waals surface area contributed by atoms with Gasteiger partial charge in [0.05, 0.1) is 24.6 Å². The molecule has 6 rings (SSSR count). The van der Waals surface area contributed by atoms with Crippen LogP contribution in [-0.2, 0) is 17.6 Å². The number of hydrogen-bond donors (Lipinski definition) is 1. The molecule has 1 fully saturated rings. The van der Waals surface area contributed by atoms with Gasteiger partial charge in [0, 0.05) is 74.8 Å². The molecular weight excluding hydrogens is 527 g/mol. The molecule has 0 atom stereocenters. The van der Waals surface area contributed by atoms with Gasteiger partial charge in [-0.1, -0.05) is 6.07 Å². The molecule has 1 aromatic carbocycles. The second kappa shape index (κ2) is 11.6. The second-order valence-corrected chi connectivity index (χ2v) is 9.91. The monoisotopic (exact) mass is 557 g/mol. The minimum Gasteiger partial charge on any atom is -0.743 e. The summed E-state index contributed by atoms with van der Waals surface area (Å²) in [6, 6.07) is 8.33. The molecule has 41 heavy (non-hydrogen) atoms. The Morgan fingerprint density at radius 1 is 1.07 bits per heavy atom. The van der Waals surface area contributed by atoms with E-state index >= 15 is 4.39 Å². The van der Waals surface area contributed by atoms with Gasteiger partial charge in [-0.15, -0.1) is 0 Å². The number of rotatable bonds is 8. The van der Waals surface area contributed by atoms with Crippen LogP contribution in [0.15, 0.2) is 55.1 Å². The van der Waals surface area contributed by atoms with Gasteiger partial charge in [0.15, 0.2) is 0 Å². The summed E-state index contributed by atoms with van der Waals surface area (Å²) in [5, 5.41) is 15.2. The first-order chi connectivity index (χ1) is 20.0. The van der Waals surface area contributed by atoms with E-state index in [-0.39, 0.29) is 11.6 Å². The number of ether oxygens (including phenoxy) is 1. The highest BCUT2D eigenvalue weighted by atomic mass is 19.1. The molecule has 0 bridgehead atoms. The quantitative estimate of drug-likeness (QED) is 0.319. The van der Waals surface area contributed by atoms with Gasteiger partial charge in [-0.05, 0) is 42.7 Å². The smallest absolute Gasteiger partial charge is 0.228 e. The van der Waals surface area contributed by atoms with E-state index in [2.05, 4.69) is 19.9 Å². The topological polar surface area (TPSA) is 136 Å². The standard InChI is InChI=1S/C28H30FN10O2/c1-36(9-6-19-3-2-8-31-16-19)39(40)21-4-5-24(23(29)15-21)38-10-7-22-25(20-17-32-27(30)33-18-20)34-28(35-26(22)38)37-11-13-41-14-12-37/h2-5,8,15-18H,6-7,9-14H2,1H3,(H2,30,32,33)/q-1. The largest absolute Gasteiger partial charge is 0.743 e. The molecule has 4 aromatic rings. The van der Waals surface area contributed by atoms with E-state index in [1.165, 1.54) is 11.1 Å². The molecular formula is C28H30FN10O2-. The van der Waals surface area contributed by atoms with Crippen LogP contribution in [-0.4, -0.2) is 76.4 Å². The van der Waals surface area contributed by atoms with E-state index in [9.17, 15) is 5.21 Å². The Morgan fingerprint density at radius 2 is 1.88 bits per heavy atom. The van der Waals surface area contributed by atoms with Crippen molar-refractivity contribution in [1.29, 1.82) is 0 Å². The summed E-state index contributed by atoms with van der Waals surface area (Å²) >= 11 is 0. The fraction of sp³-hybridized carbons (Fsp3) is 0.321. The Labute approximate surface area is 236 Å². The Kier molecular flexibility index (Phi) is 7.55. The average Bonchev–Trinajstić information content (AvgIpc) is 3.44. The van der Waals surface area contributed by atoms with Crippen LogP contribution in [0.2, 0.25) is 0 Å². The number of likely N-dealkylation sites (N-methyl/N-ethyl adjacent to an activating group) is 1. The van der Waals surface area contributed by atoms with E-state index in [0.717, 1.165) is 11.1 Å². The van der Waals surface area contributed by atoms with Crippen molar-refractivity contribution in [2.75, 3.05) is 67.1 Å². The molecule has 0 amide bonds. The maximum Gasteiger partial charge on any atom is 0.228 e. The van der Waals surface area contributed by atoms with Gasteiger partial charge in [-0.3, -0.25) is 4.98 Å². The van der Waals surface area contributed by atoms with Crippen molar-refractivity contribution in [3.63, 3.8) is 0 Å². The van der Waals surface area contributed by atoms with Gasteiger partial charge >= 0.3 is 0 Å². The van der Waals surface area contributed by atoms with Gasteiger partial charge < -0.3 is 30.6 Å². The molecule has 3 aromatic heterocycles. The van der Waals surface area contributed by atoms with Gasteiger partial charge in [0.1, 0.15) is 11.6 Å². The van der Waals surface area contributed by atoms with Crippen molar-refractivity contribution in [2.45, 2.75) is 12.8 Å². The molecule has 212 valence electrons. The first-order valence-electron chi connectivity index (χ1n) is 13.4. The van der Waals surface area contributed by atoms with Crippen LogP contribution in [0.3, 0.4) is 0 Å². The van der Waals surface area contributed by atoms with Crippen LogP contribution in [0.1, 0.15) is 11.1 Å². The van der Waals surface area contributed by atoms with Crippen LogP contribution < -0.4 is 20.7 Å². The number of nitrogens with two attached hydrogens (primary N) is 1. The summed E-state index contributed by atoms with van der Waals surface area (Å²) in [5.41, 5.74) is 9.55. The van der Waals surface area contributed by atoms with E-state index in [4.69, 9.17) is 20.4 Å². The first kappa shape index (κ1) is 26.7. The molecule has 1 saturated heterocycles. The average molecular weight is 558 g/mol. The summed E-state index contributed by atoms with van der Waals surface area (Å²) in [6.07, 6.45) is 7.99. The second-order valence-electron chi connectivity index (χ2n) is 9.91. The molecule has 0 unspecified atom stereocenters. The fourth-order valence-electron chi connectivity index (χ4n) is 5.04. The minimum atomic E-state index is -0.513. The van der Waals surface area contributed by atoms with E-state index < -0.39 is 5.82 Å². The van der Waals surface area contributed by atoms with Crippen molar-refractivity contribution >= 4 is 29.1 Å². The molecule has 0 aliphatic carbocycles. The molecule has 2 N–H and O–H groups in total. The maximum absolute atomic E-state index is 15.7. The van der Waals surface area contributed by atoms with Gasteiger partial charge in [0.25, 0.3) is 0 Å². The Hall–Kier alpha value is -4.46. The number of fused-ring (bicyclic) bond motifs is 1. The lowest BCUT2D eigenvalue weighted by Gasteiger charge is -2.39. The van der Waals surface area contributed by atoms with Crippen molar-refractivity contribution in [2.24, 2.45) is 0 Å². The number of aromatic nitrogens is 5. The Morgan fingerprint density at radius 3 is 2.61 bits per heavy atom. The lowest BCUT2D eigenvalue weighted by atomic mass is 10.1. The summed E-state index contributed by atoms with van der Waals surface area (Å²) < 4.78 is 21.2. The van der Waals surface area contributed by atoms with Gasteiger partial charge in [0.2, 0.25) is 11.9 Å². The lowest BCUT2D eigenvalue weighted by molar-refractivity contribution is 0.122. The van der Waals surface area contributed by atoms with Crippen LogP contribution >= 0.6 is 0 Å². The molecule has 0 spiro atoms. The minimum absolute atomic E-state index is 0.173. The number of hydrogen-bond acceptors (Lipinski definition) is 12. The number of nitrogen functional groups attached to an aromatic ring is 1. The number of pyridine rings is 1. The predicted molar refractivity (Wildman–Crippen MR) is 154 cm³/mol. The zero-order chi connectivity index (χ0) is 28.3. The zero-order valence-corrected chi connectivity index (χ0v) is 22.6. The van der Waals surface area contributed by atoms with Crippen molar-refractivity contribution in [3.05, 3.63) is 77.3 Å². The summed E-state index contributed by atoms with van der Waals surface area (Å²) in [7, 11) is 1.68. The lowest BCUT2D eigenvalue weighted by Crippen LogP contribution is -2.37. The predicted octanol–water partition coefficient (Wildman–Crippen LogP) is 2.97.